The van der Waals surface area contributed by atoms with E-state index in [0.29, 0.717) is 18.6 Å². The number of nitrogens with zero attached hydrogens (tertiary/aromatic N) is 2. The minimum Gasteiger partial charge on any atom is -0.481 e. The Morgan fingerprint density at radius 2 is 2.24 bits per heavy atom. The van der Waals surface area contributed by atoms with Gasteiger partial charge in [0.2, 0.25) is 5.88 Å². The number of hydrogen-bond donors (Lipinski definition) is 1. The molecule has 0 saturated carbocycles. The van der Waals surface area contributed by atoms with Crippen LogP contribution in [0.15, 0.2) is 24.4 Å². The maximum atomic E-state index is 5.85. The summed E-state index contributed by atoms with van der Waals surface area (Å²) in [6.45, 7) is 0.674. The highest BCUT2D eigenvalue weighted by Gasteiger charge is 2.19. The maximum absolute atomic E-state index is 5.85. The topological polar surface area (TPSA) is 70.3 Å². The molecule has 2 aromatic rings. The molecular formula is C16H21N3O2. The first kappa shape index (κ1) is 14.2. The van der Waals surface area contributed by atoms with E-state index < -0.39 is 0 Å². The Morgan fingerprint density at radius 3 is 3.00 bits per heavy atom. The smallest absolute Gasteiger partial charge is 0.213 e. The lowest BCUT2D eigenvalue weighted by Crippen LogP contribution is -2.35. The van der Waals surface area contributed by atoms with E-state index in [-0.39, 0.29) is 6.04 Å². The molecule has 3 heterocycles. The maximum Gasteiger partial charge on any atom is 0.213 e. The summed E-state index contributed by atoms with van der Waals surface area (Å²) in [7, 11) is 1.63. The number of hydrogen-bond acceptors (Lipinski definition) is 5. The minimum absolute atomic E-state index is 0.203. The van der Waals surface area contributed by atoms with Crippen LogP contribution in [0.5, 0.6) is 5.88 Å². The van der Waals surface area contributed by atoms with E-state index in [1.165, 1.54) is 5.56 Å². The third-order valence-electron chi connectivity index (χ3n) is 3.99. The third-order valence-corrected chi connectivity index (χ3v) is 3.99. The van der Waals surface area contributed by atoms with Crippen molar-refractivity contribution in [2.24, 2.45) is 5.73 Å². The minimum atomic E-state index is 0.203. The van der Waals surface area contributed by atoms with Gasteiger partial charge in [-0.3, -0.25) is 4.98 Å². The summed E-state index contributed by atoms with van der Waals surface area (Å²) in [4.78, 5) is 8.88. The highest BCUT2D eigenvalue weighted by molar-refractivity contribution is 5.78. The fourth-order valence-corrected chi connectivity index (χ4v) is 2.75. The molecular weight excluding hydrogens is 266 g/mol. The Morgan fingerprint density at radius 1 is 1.33 bits per heavy atom. The van der Waals surface area contributed by atoms with Gasteiger partial charge in [0.05, 0.1) is 30.9 Å². The Kier molecular flexibility index (Phi) is 4.31. The number of pyridine rings is 2. The Bertz CT molecular complexity index is 609. The van der Waals surface area contributed by atoms with Crippen LogP contribution in [0.25, 0.3) is 11.0 Å². The molecule has 21 heavy (non-hydrogen) atoms. The van der Waals surface area contributed by atoms with Gasteiger partial charge in [-0.25, -0.2) is 4.98 Å². The first-order valence-electron chi connectivity index (χ1n) is 7.42. The molecule has 1 saturated heterocycles. The summed E-state index contributed by atoms with van der Waals surface area (Å²) >= 11 is 0. The van der Waals surface area contributed by atoms with Crippen LogP contribution in [0.4, 0.5) is 0 Å². The number of nitrogens with two attached hydrogens (primary N) is 1. The van der Waals surface area contributed by atoms with Crippen LogP contribution in [0, 0.1) is 0 Å². The number of methoxy groups -OCH3 is 1. The first-order chi connectivity index (χ1) is 10.3. The first-order valence-corrected chi connectivity index (χ1v) is 7.42. The van der Waals surface area contributed by atoms with E-state index in [1.807, 2.05) is 24.4 Å². The summed E-state index contributed by atoms with van der Waals surface area (Å²) < 4.78 is 11.0. The molecule has 1 fully saturated rings. The lowest BCUT2D eigenvalue weighted by molar-refractivity contribution is 0.00116. The third kappa shape index (κ3) is 3.31. The Balaban J connectivity index is 1.74. The van der Waals surface area contributed by atoms with Gasteiger partial charge >= 0.3 is 0 Å². The van der Waals surface area contributed by atoms with Crippen molar-refractivity contribution in [2.45, 2.75) is 37.8 Å². The molecule has 0 amide bonds. The van der Waals surface area contributed by atoms with E-state index >= 15 is 0 Å². The molecule has 2 N–H and O–H groups in total. The molecule has 2 aromatic heterocycles. The van der Waals surface area contributed by atoms with Gasteiger partial charge in [0.25, 0.3) is 0 Å². The van der Waals surface area contributed by atoms with E-state index in [2.05, 4.69) is 9.97 Å². The Hall–Kier alpha value is -1.72. The average Bonchev–Trinajstić information content (AvgIpc) is 2.54. The van der Waals surface area contributed by atoms with Crippen molar-refractivity contribution in [2.75, 3.05) is 13.7 Å². The molecule has 0 radical (unpaired) electrons. The summed E-state index contributed by atoms with van der Waals surface area (Å²) in [6.07, 6.45) is 6.15. The number of fused-ring (bicyclic) bond motifs is 1. The molecule has 5 heteroatoms. The lowest BCUT2D eigenvalue weighted by Gasteiger charge is -2.26. The van der Waals surface area contributed by atoms with Gasteiger partial charge in [0.1, 0.15) is 0 Å². The number of aryl methyl sites for hydroxylation is 1. The monoisotopic (exact) mass is 287 g/mol. The van der Waals surface area contributed by atoms with Gasteiger partial charge in [0.15, 0.2) is 0 Å². The predicted octanol–water partition coefficient (Wildman–Crippen LogP) is 2.08. The molecule has 0 aromatic carbocycles. The van der Waals surface area contributed by atoms with E-state index in [4.69, 9.17) is 15.2 Å². The zero-order valence-corrected chi connectivity index (χ0v) is 12.3. The normalized spacial score (nSPS) is 22.4. The predicted molar refractivity (Wildman–Crippen MR) is 81.4 cm³/mol. The van der Waals surface area contributed by atoms with Crippen LogP contribution in [0.2, 0.25) is 0 Å². The number of aromatic nitrogens is 2. The summed E-state index contributed by atoms with van der Waals surface area (Å²) in [5.74, 6) is 0.622. The molecule has 112 valence electrons. The number of rotatable bonds is 4. The fraction of sp³-hybridized carbons (Fsp3) is 0.500. The SMILES string of the molecule is COc1ccc2nccc(CCC3CCC(N)CO3)c2n1. The summed E-state index contributed by atoms with van der Waals surface area (Å²) in [5, 5.41) is 0. The van der Waals surface area contributed by atoms with E-state index in [9.17, 15) is 0 Å². The van der Waals surface area contributed by atoms with Crippen molar-refractivity contribution >= 4 is 11.0 Å². The van der Waals surface area contributed by atoms with Crippen molar-refractivity contribution in [3.8, 4) is 5.88 Å². The zero-order valence-electron chi connectivity index (χ0n) is 12.3. The van der Waals surface area contributed by atoms with Crippen LogP contribution >= 0.6 is 0 Å². The zero-order chi connectivity index (χ0) is 14.7. The van der Waals surface area contributed by atoms with Crippen LogP contribution < -0.4 is 10.5 Å². The van der Waals surface area contributed by atoms with Gasteiger partial charge in [0, 0.05) is 18.3 Å². The average molecular weight is 287 g/mol. The van der Waals surface area contributed by atoms with Crippen molar-refractivity contribution in [3.05, 3.63) is 30.0 Å². The highest BCUT2D eigenvalue weighted by atomic mass is 16.5. The standard InChI is InChI=1S/C16H21N3O2/c1-20-15-7-6-14-16(19-15)11(8-9-18-14)2-4-13-5-3-12(17)10-21-13/h6-9,12-13H,2-5,10,17H2,1H3. The van der Waals surface area contributed by atoms with E-state index in [1.54, 1.807) is 7.11 Å². The van der Waals surface area contributed by atoms with Crippen molar-refractivity contribution in [1.82, 2.24) is 9.97 Å². The molecule has 1 aliphatic rings. The molecule has 0 aliphatic carbocycles. The Labute approximate surface area is 124 Å². The summed E-state index contributed by atoms with van der Waals surface area (Å²) in [5.41, 5.74) is 8.87. The largest absolute Gasteiger partial charge is 0.481 e. The van der Waals surface area contributed by atoms with Crippen LogP contribution in [0.1, 0.15) is 24.8 Å². The quantitative estimate of drug-likeness (QED) is 0.932. The second-order valence-corrected chi connectivity index (χ2v) is 5.52. The van der Waals surface area contributed by atoms with Crippen molar-refractivity contribution in [3.63, 3.8) is 0 Å². The van der Waals surface area contributed by atoms with Crippen LogP contribution in [0.3, 0.4) is 0 Å². The molecule has 1 aliphatic heterocycles. The van der Waals surface area contributed by atoms with Gasteiger partial charge in [-0.1, -0.05) is 0 Å². The molecule has 0 bridgehead atoms. The van der Waals surface area contributed by atoms with Crippen molar-refractivity contribution in [1.29, 1.82) is 0 Å². The molecule has 2 atom stereocenters. The lowest BCUT2D eigenvalue weighted by atomic mass is 9.99. The molecule has 0 spiro atoms. The second-order valence-electron chi connectivity index (χ2n) is 5.52. The van der Waals surface area contributed by atoms with Crippen LogP contribution in [-0.2, 0) is 11.2 Å². The number of ether oxygens (including phenoxy) is 2. The van der Waals surface area contributed by atoms with Gasteiger partial charge in [-0.15, -0.1) is 0 Å². The summed E-state index contributed by atoms with van der Waals surface area (Å²) in [6, 6.07) is 6.02. The van der Waals surface area contributed by atoms with Gasteiger partial charge in [-0.05, 0) is 43.4 Å². The van der Waals surface area contributed by atoms with E-state index in [0.717, 1.165) is 36.7 Å². The van der Waals surface area contributed by atoms with Crippen LogP contribution in [-0.4, -0.2) is 35.8 Å². The highest BCUT2D eigenvalue weighted by Crippen LogP contribution is 2.22. The fourth-order valence-electron chi connectivity index (χ4n) is 2.75. The molecule has 2 unspecified atom stereocenters. The molecule has 5 nitrogen and oxygen atoms in total. The second kappa shape index (κ2) is 6.37. The molecule has 3 rings (SSSR count). The van der Waals surface area contributed by atoms with Gasteiger partial charge in [-0.2, -0.15) is 0 Å². The van der Waals surface area contributed by atoms with Gasteiger partial charge < -0.3 is 15.2 Å². The van der Waals surface area contributed by atoms with Crippen molar-refractivity contribution < 1.29 is 9.47 Å².